The van der Waals surface area contributed by atoms with Crippen molar-refractivity contribution >= 4 is 5.97 Å². The molecule has 0 bridgehead atoms. The number of carboxylic acid groups (broad SMARTS) is 1. The second-order valence-electron chi connectivity index (χ2n) is 4.12. The molecule has 0 aromatic heterocycles. The minimum absolute atomic E-state index is 0.396. The van der Waals surface area contributed by atoms with Crippen LogP contribution in [0.1, 0.15) is 36.8 Å². The van der Waals surface area contributed by atoms with Crippen LogP contribution in [0.15, 0.2) is 18.2 Å². The van der Waals surface area contributed by atoms with Crippen LogP contribution in [0.3, 0.4) is 0 Å². The average Bonchev–Trinajstić information content (AvgIpc) is 2.29. The fourth-order valence-corrected chi connectivity index (χ4v) is 2.15. The Hall–Kier alpha value is -1.51. The summed E-state index contributed by atoms with van der Waals surface area (Å²) in [6.07, 6.45) is 2.62. The molecule has 0 saturated heterocycles. The van der Waals surface area contributed by atoms with Crippen molar-refractivity contribution in [3.63, 3.8) is 0 Å². The van der Waals surface area contributed by atoms with Crippen LogP contribution in [-0.2, 0) is 11.2 Å². The predicted molar refractivity (Wildman–Crippen MR) is 60.9 cm³/mol. The van der Waals surface area contributed by atoms with E-state index >= 15 is 0 Å². The Morgan fingerprint density at radius 2 is 2.38 bits per heavy atom. The standard InChI is InChI=1S/C13H16O3/c1-2-11(13(14)15)9-5-6-12-10(8-9)4-3-7-16-12/h5-6,8,11H,2-4,7H2,1H3,(H,14,15). The van der Waals surface area contributed by atoms with Gasteiger partial charge in [0.1, 0.15) is 5.75 Å². The smallest absolute Gasteiger partial charge is 0.310 e. The minimum atomic E-state index is -0.751. The van der Waals surface area contributed by atoms with Gasteiger partial charge in [-0.15, -0.1) is 0 Å². The molecule has 1 atom stereocenters. The highest BCUT2D eigenvalue weighted by Crippen LogP contribution is 2.29. The number of hydrogen-bond acceptors (Lipinski definition) is 2. The van der Waals surface area contributed by atoms with Crippen molar-refractivity contribution in [2.45, 2.75) is 32.1 Å². The Bertz CT molecular complexity index is 398. The van der Waals surface area contributed by atoms with Gasteiger partial charge in [-0.1, -0.05) is 19.1 Å². The summed E-state index contributed by atoms with van der Waals surface area (Å²) in [5.41, 5.74) is 2.03. The van der Waals surface area contributed by atoms with Crippen LogP contribution in [0, 0.1) is 0 Å². The molecule has 0 aliphatic carbocycles. The number of fused-ring (bicyclic) bond motifs is 1. The highest BCUT2D eigenvalue weighted by molar-refractivity contribution is 5.76. The van der Waals surface area contributed by atoms with Gasteiger partial charge in [0.15, 0.2) is 0 Å². The lowest BCUT2D eigenvalue weighted by Crippen LogP contribution is -2.13. The first kappa shape index (κ1) is 11.0. The van der Waals surface area contributed by atoms with Crippen LogP contribution < -0.4 is 4.74 Å². The maximum atomic E-state index is 11.1. The number of carbonyl (C=O) groups is 1. The molecule has 1 aliphatic heterocycles. The molecular formula is C13H16O3. The Labute approximate surface area is 95.0 Å². The maximum absolute atomic E-state index is 11.1. The van der Waals surface area contributed by atoms with Crippen LogP contribution >= 0.6 is 0 Å². The van der Waals surface area contributed by atoms with Crippen molar-refractivity contribution in [3.8, 4) is 5.75 Å². The number of ether oxygens (including phenoxy) is 1. The summed E-state index contributed by atoms with van der Waals surface area (Å²) in [6.45, 7) is 2.66. The quantitative estimate of drug-likeness (QED) is 0.851. The molecule has 3 nitrogen and oxygen atoms in total. The van der Waals surface area contributed by atoms with Crippen LogP contribution in [0.25, 0.3) is 0 Å². The van der Waals surface area contributed by atoms with Gasteiger partial charge in [0.05, 0.1) is 12.5 Å². The minimum Gasteiger partial charge on any atom is -0.493 e. The van der Waals surface area contributed by atoms with Crippen LogP contribution in [0.4, 0.5) is 0 Å². The van der Waals surface area contributed by atoms with Gasteiger partial charge in [-0.3, -0.25) is 4.79 Å². The van der Waals surface area contributed by atoms with E-state index in [-0.39, 0.29) is 0 Å². The fraction of sp³-hybridized carbons (Fsp3) is 0.462. The number of benzene rings is 1. The first-order valence-electron chi connectivity index (χ1n) is 5.70. The average molecular weight is 220 g/mol. The molecule has 3 heteroatoms. The van der Waals surface area contributed by atoms with E-state index in [0.29, 0.717) is 6.42 Å². The zero-order chi connectivity index (χ0) is 11.5. The molecule has 0 amide bonds. The fourth-order valence-electron chi connectivity index (χ4n) is 2.15. The summed E-state index contributed by atoms with van der Waals surface area (Å²) in [5.74, 6) is -0.235. The Morgan fingerprint density at radius 3 is 3.06 bits per heavy atom. The Morgan fingerprint density at radius 1 is 1.56 bits per heavy atom. The molecule has 1 aliphatic rings. The van der Waals surface area contributed by atoms with Crippen molar-refractivity contribution < 1.29 is 14.6 Å². The number of rotatable bonds is 3. The van der Waals surface area contributed by atoms with Gasteiger partial charge < -0.3 is 9.84 Å². The summed E-state index contributed by atoms with van der Waals surface area (Å²) in [6, 6.07) is 5.75. The van der Waals surface area contributed by atoms with E-state index in [0.717, 1.165) is 36.3 Å². The third-order valence-electron chi connectivity index (χ3n) is 3.04. The van der Waals surface area contributed by atoms with E-state index in [2.05, 4.69) is 0 Å². The maximum Gasteiger partial charge on any atom is 0.310 e. The Balaban J connectivity index is 2.32. The van der Waals surface area contributed by atoms with Crippen LogP contribution in [0.2, 0.25) is 0 Å². The molecule has 0 radical (unpaired) electrons. The summed E-state index contributed by atoms with van der Waals surface area (Å²) in [7, 11) is 0. The second-order valence-corrected chi connectivity index (χ2v) is 4.12. The van der Waals surface area contributed by atoms with Crippen LogP contribution in [-0.4, -0.2) is 17.7 Å². The normalized spacial score (nSPS) is 16.1. The lowest BCUT2D eigenvalue weighted by Gasteiger charge is -2.19. The topological polar surface area (TPSA) is 46.5 Å². The molecule has 0 spiro atoms. The molecule has 0 fully saturated rings. The second kappa shape index (κ2) is 4.56. The van der Waals surface area contributed by atoms with Gasteiger partial charge in [0, 0.05) is 0 Å². The largest absolute Gasteiger partial charge is 0.493 e. The van der Waals surface area contributed by atoms with Crippen molar-refractivity contribution in [2.24, 2.45) is 0 Å². The van der Waals surface area contributed by atoms with E-state index < -0.39 is 11.9 Å². The van der Waals surface area contributed by atoms with Crippen molar-refractivity contribution in [2.75, 3.05) is 6.61 Å². The van der Waals surface area contributed by atoms with Gasteiger partial charge >= 0.3 is 5.97 Å². The van der Waals surface area contributed by atoms with E-state index in [4.69, 9.17) is 9.84 Å². The highest BCUT2D eigenvalue weighted by Gasteiger charge is 2.19. The zero-order valence-corrected chi connectivity index (χ0v) is 9.40. The summed E-state index contributed by atoms with van der Waals surface area (Å²) >= 11 is 0. The summed E-state index contributed by atoms with van der Waals surface area (Å²) in [5, 5.41) is 9.10. The number of aryl methyl sites for hydroxylation is 1. The lowest BCUT2D eigenvalue weighted by molar-refractivity contribution is -0.138. The van der Waals surface area contributed by atoms with Gasteiger partial charge in [-0.25, -0.2) is 0 Å². The van der Waals surface area contributed by atoms with Gasteiger partial charge in [-0.2, -0.15) is 0 Å². The summed E-state index contributed by atoms with van der Waals surface area (Å²) in [4.78, 5) is 11.1. The SMILES string of the molecule is CCC(C(=O)O)c1ccc2c(c1)CCCO2. The first-order chi connectivity index (χ1) is 7.72. The van der Waals surface area contributed by atoms with Crippen molar-refractivity contribution in [1.82, 2.24) is 0 Å². The third kappa shape index (κ3) is 2.03. The third-order valence-corrected chi connectivity index (χ3v) is 3.04. The molecule has 1 aromatic rings. The number of aliphatic carboxylic acids is 1. The number of hydrogen-bond donors (Lipinski definition) is 1. The molecular weight excluding hydrogens is 204 g/mol. The molecule has 1 heterocycles. The zero-order valence-electron chi connectivity index (χ0n) is 9.40. The molecule has 1 aromatic carbocycles. The van der Waals surface area contributed by atoms with E-state index in [9.17, 15) is 4.79 Å². The first-order valence-corrected chi connectivity index (χ1v) is 5.70. The molecule has 1 N–H and O–H groups in total. The number of carboxylic acids is 1. The van der Waals surface area contributed by atoms with Gasteiger partial charge in [-0.05, 0) is 36.5 Å². The van der Waals surface area contributed by atoms with E-state index in [1.54, 1.807) is 0 Å². The monoisotopic (exact) mass is 220 g/mol. The lowest BCUT2D eigenvalue weighted by atomic mass is 9.93. The molecule has 16 heavy (non-hydrogen) atoms. The Kier molecular flexibility index (Phi) is 3.13. The van der Waals surface area contributed by atoms with Gasteiger partial charge in [0.25, 0.3) is 0 Å². The summed E-state index contributed by atoms with van der Waals surface area (Å²) < 4.78 is 5.50. The van der Waals surface area contributed by atoms with Gasteiger partial charge in [0.2, 0.25) is 0 Å². The molecule has 1 unspecified atom stereocenters. The van der Waals surface area contributed by atoms with E-state index in [1.807, 2.05) is 25.1 Å². The van der Waals surface area contributed by atoms with E-state index in [1.165, 1.54) is 0 Å². The molecule has 2 rings (SSSR count). The molecule has 0 saturated carbocycles. The van der Waals surface area contributed by atoms with Crippen molar-refractivity contribution in [1.29, 1.82) is 0 Å². The van der Waals surface area contributed by atoms with Crippen molar-refractivity contribution in [3.05, 3.63) is 29.3 Å². The highest BCUT2D eigenvalue weighted by atomic mass is 16.5. The predicted octanol–water partition coefficient (Wildman–Crippen LogP) is 2.59. The molecule has 86 valence electrons. The van der Waals surface area contributed by atoms with Crippen LogP contribution in [0.5, 0.6) is 5.75 Å².